The summed E-state index contributed by atoms with van der Waals surface area (Å²) in [4.78, 5) is 48.5. The van der Waals surface area contributed by atoms with E-state index in [1.165, 1.54) is 25.7 Å². The van der Waals surface area contributed by atoms with Crippen molar-refractivity contribution in [3.8, 4) is 28.3 Å². The quantitative estimate of drug-likeness (QED) is 0.0623. The molecule has 2 amide bonds. The number of carboxylic acids is 1. The highest BCUT2D eigenvalue weighted by Gasteiger charge is 2.32. The molecule has 5 aromatic rings. The average molecular weight is 743 g/mol. The number of carbonyl (C=O) groups excluding carboxylic acids is 2. The van der Waals surface area contributed by atoms with Crippen LogP contribution in [0.2, 0.25) is 0 Å². The number of aliphatic hydroxyl groups is 1. The van der Waals surface area contributed by atoms with Gasteiger partial charge in [0.25, 0.3) is 5.91 Å². The molecule has 4 N–H and O–H groups in total. The molecule has 0 radical (unpaired) electrons. The predicted octanol–water partition coefficient (Wildman–Crippen LogP) is 7.93. The molecule has 0 bridgehead atoms. The van der Waals surface area contributed by atoms with E-state index in [1.54, 1.807) is 54.9 Å². The Hall–Kier alpha value is -5.87. The molecule has 3 atom stereocenters. The van der Waals surface area contributed by atoms with E-state index in [0.29, 0.717) is 29.1 Å². The van der Waals surface area contributed by atoms with E-state index >= 15 is 0 Å². The van der Waals surface area contributed by atoms with Crippen molar-refractivity contribution >= 4 is 17.8 Å². The van der Waals surface area contributed by atoms with Gasteiger partial charge in [-0.25, -0.2) is 14.8 Å². The lowest BCUT2D eigenvalue weighted by Crippen LogP contribution is -2.54. The number of aliphatic carboxylic acids is 1. The number of aliphatic hydroxyl groups excluding tert-OH is 1. The lowest BCUT2D eigenvalue weighted by atomic mass is 9.99. The summed E-state index contributed by atoms with van der Waals surface area (Å²) in [6.45, 7) is 7.02. The number of ether oxygens (including phenoxy) is 1. The van der Waals surface area contributed by atoms with E-state index in [-0.39, 0.29) is 12.3 Å². The second-order valence-electron chi connectivity index (χ2n) is 14.0. The Bertz CT molecular complexity index is 1970. The smallest absolute Gasteiger partial charge is 0.329 e. The van der Waals surface area contributed by atoms with E-state index in [2.05, 4.69) is 41.4 Å². The van der Waals surface area contributed by atoms with Gasteiger partial charge in [0.05, 0.1) is 6.61 Å². The SMILES string of the molecule is CCCCCCCOc1ccc(-c2cnc(-c3ccc(C[C@H](NC(=O)c4ccc(C(C)C)cc4)C(=O)NC(C(=O)O)C(O)c4ccccc4)cc3)nc2)cc1. The Balaban J connectivity index is 1.27. The minimum absolute atomic E-state index is 0.0497. The molecule has 5 rings (SSSR count). The van der Waals surface area contributed by atoms with Crippen LogP contribution >= 0.6 is 0 Å². The second kappa shape index (κ2) is 20.0. The average Bonchev–Trinajstić information content (AvgIpc) is 3.21. The number of aromatic nitrogens is 2. The molecule has 55 heavy (non-hydrogen) atoms. The highest BCUT2D eigenvalue weighted by Crippen LogP contribution is 2.24. The van der Waals surface area contributed by atoms with Gasteiger partial charge in [-0.15, -0.1) is 0 Å². The van der Waals surface area contributed by atoms with Gasteiger partial charge in [0.2, 0.25) is 5.91 Å². The van der Waals surface area contributed by atoms with Crippen molar-refractivity contribution in [2.45, 2.75) is 83.4 Å². The van der Waals surface area contributed by atoms with Crippen LogP contribution in [-0.2, 0) is 16.0 Å². The molecule has 1 heterocycles. The Morgan fingerprint density at radius 1 is 0.709 bits per heavy atom. The number of rotatable bonds is 19. The van der Waals surface area contributed by atoms with Gasteiger partial charge < -0.3 is 25.6 Å². The maximum atomic E-state index is 13.7. The molecule has 0 saturated heterocycles. The van der Waals surface area contributed by atoms with E-state index in [1.807, 2.05) is 60.7 Å². The third-order valence-corrected chi connectivity index (χ3v) is 9.49. The van der Waals surface area contributed by atoms with Crippen molar-refractivity contribution in [1.29, 1.82) is 0 Å². The number of carboxylic acid groups (broad SMARTS) is 1. The lowest BCUT2D eigenvalue weighted by molar-refractivity contribution is -0.145. The first kappa shape index (κ1) is 40.3. The summed E-state index contributed by atoms with van der Waals surface area (Å²) >= 11 is 0. The van der Waals surface area contributed by atoms with Gasteiger partial charge in [-0.2, -0.15) is 0 Å². The van der Waals surface area contributed by atoms with Crippen LogP contribution in [-0.4, -0.2) is 56.7 Å². The molecule has 2 unspecified atom stereocenters. The summed E-state index contributed by atoms with van der Waals surface area (Å²) in [5, 5.41) is 26.1. The van der Waals surface area contributed by atoms with Crippen LogP contribution in [0, 0.1) is 0 Å². The summed E-state index contributed by atoms with van der Waals surface area (Å²) in [6, 6.07) is 27.7. The molecule has 4 aromatic carbocycles. The Kier molecular flexibility index (Phi) is 14.7. The number of nitrogens with one attached hydrogen (secondary N) is 2. The topological polar surface area (TPSA) is 151 Å². The number of amides is 2. The maximum absolute atomic E-state index is 13.7. The van der Waals surface area contributed by atoms with Crippen molar-refractivity contribution in [2.24, 2.45) is 0 Å². The number of carbonyl (C=O) groups is 3. The van der Waals surface area contributed by atoms with Gasteiger partial charge in [-0.3, -0.25) is 9.59 Å². The van der Waals surface area contributed by atoms with Gasteiger partial charge in [0.15, 0.2) is 11.9 Å². The fraction of sp³-hybridized carbons (Fsp3) is 0.311. The summed E-state index contributed by atoms with van der Waals surface area (Å²) in [6.07, 6.45) is 8.03. The minimum Gasteiger partial charge on any atom is -0.494 e. The summed E-state index contributed by atoms with van der Waals surface area (Å²) in [7, 11) is 0. The van der Waals surface area contributed by atoms with Gasteiger partial charge in [-0.1, -0.05) is 125 Å². The van der Waals surface area contributed by atoms with Crippen molar-refractivity contribution in [2.75, 3.05) is 6.61 Å². The van der Waals surface area contributed by atoms with E-state index in [9.17, 15) is 24.6 Å². The monoisotopic (exact) mass is 742 g/mol. The van der Waals surface area contributed by atoms with Crippen LogP contribution in [0.4, 0.5) is 0 Å². The molecule has 0 aliphatic rings. The third-order valence-electron chi connectivity index (χ3n) is 9.49. The largest absolute Gasteiger partial charge is 0.494 e. The molecule has 10 nitrogen and oxygen atoms in total. The van der Waals surface area contributed by atoms with Crippen LogP contribution < -0.4 is 15.4 Å². The molecule has 1 aromatic heterocycles. The van der Waals surface area contributed by atoms with E-state index in [0.717, 1.165) is 34.4 Å². The summed E-state index contributed by atoms with van der Waals surface area (Å²) in [5.41, 5.74) is 5.05. The van der Waals surface area contributed by atoms with Crippen molar-refractivity contribution in [1.82, 2.24) is 20.6 Å². The first-order chi connectivity index (χ1) is 26.6. The zero-order valence-electron chi connectivity index (χ0n) is 31.7. The highest BCUT2D eigenvalue weighted by atomic mass is 16.5. The van der Waals surface area contributed by atoms with Gasteiger partial charge in [0, 0.05) is 35.5 Å². The first-order valence-electron chi connectivity index (χ1n) is 18.9. The Labute approximate surface area is 323 Å². The second-order valence-corrected chi connectivity index (χ2v) is 14.0. The first-order valence-corrected chi connectivity index (χ1v) is 18.9. The minimum atomic E-state index is -1.65. The maximum Gasteiger partial charge on any atom is 0.329 e. The van der Waals surface area contributed by atoms with Crippen molar-refractivity contribution < 1.29 is 29.3 Å². The number of unbranched alkanes of at least 4 members (excludes halogenated alkanes) is 4. The van der Waals surface area contributed by atoms with Crippen molar-refractivity contribution in [3.63, 3.8) is 0 Å². The molecule has 10 heteroatoms. The normalized spacial score (nSPS) is 12.7. The van der Waals surface area contributed by atoms with Gasteiger partial charge in [0.1, 0.15) is 17.9 Å². The van der Waals surface area contributed by atoms with Gasteiger partial charge in [-0.05, 0) is 58.9 Å². The molecule has 0 aliphatic heterocycles. The summed E-state index contributed by atoms with van der Waals surface area (Å²) < 4.78 is 5.90. The van der Waals surface area contributed by atoms with Crippen LogP contribution in [0.1, 0.15) is 91.9 Å². The number of hydrogen-bond donors (Lipinski definition) is 4. The Morgan fingerprint density at radius 3 is 1.96 bits per heavy atom. The fourth-order valence-corrected chi connectivity index (χ4v) is 6.13. The van der Waals surface area contributed by atoms with Crippen LogP contribution in [0.25, 0.3) is 22.5 Å². The van der Waals surface area contributed by atoms with Crippen LogP contribution in [0.5, 0.6) is 5.75 Å². The molecule has 286 valence electrons. The number of hydrogen-bond acceptors (Lipinski definition) is 7. The lowest BCUT2D eigenvalue weighted by Gasteiger charge is -2.25. The molecule has 0 aliphatic carbocycles. The highest BCUT2D eigenvalue weighted by molar-refractivity contribution is 5.98. The Morgan fingerprint density at radius 2 is 1.35 bits per heavy atom. The fourth-order valence-electron chi connectivity index (χ4n) is 6.13. The van der Waals surface area contributed by atoms with Crippen LogP contribution in [0.3, 0.4) is 0 Å². The summed E-state index contributed by atoms with van der Waals surface area (Å²) in [5.74, 6) is -1.02. The van der Waals surface area contributed by atoms with Gasteiger partial charge >= 0.3 is 5.97 Å². The zero-order chi connectivity index (χ0) is 39.2. The van der Waals surface area contributed by atoms with Crippen molar-refractivity contribution in [3.05, 3.63) is 138 Å². The van der Waals surface area contributed by atoms with E-state index in [4.69, 9.17) is 4.74 Å². The molecule has 0 fully saturated rings. The zero-order valence-corrected chi connectivity index (χ0v) is 31.7. The molecular formula is C45H50N4O6. The standard InChI is InChI=1S/C45H50N4O6/c1-4-5-6-7-11-26-55-38-24-22-33(23-25-38)37-28-46-42(47-29-37)35-16-14-31(15-17-35)27-39(48-43(51)36-20-18-32(19-21-36)30(2)3)44(52)49-40(45(53)54)41(50)34-12-9-8-10-13-34/h8-10,12-25,28-30,39-41,50H,4-7,11,26-27H2,1-3H3,(H,48,51)(H,49,52)(H,53,54)/t39-,40?,41?/m0/s1. The third kappa shape index (κ3) is 11.6. The predicted molar refractivity (Wildman–Crippen MR) is 214 cm³/mol. The van der Waals surface area contributed by atoms with E-state index < -0.39 is 36.0 Å². The molecule has 0 saturated carbocycles. The number of nitrogens with zero attached hydrogens (tertiary/aromatic N) is 2. The van der Waals surface area contributed by atoms with Crippen LogP contribution in [0.15, 0.2) is 116 Å². The molecular weight excluding hydrogens is 693 g/mol. The molecule has 0 spiro atoms. The number of benzene rings is 4.